The summed E-state index contributed by atoms with van der Waals surface area (Å²) in [6, 6.07) is 7.46. The molecule has 4 heteroatoms. The third-order valence-electron chi connectivity index (χ3n) is 3.91. The van der Waals surface area contributed by atoms with Crippen molar-refractivity contribution in [1.29, 1.82) is 0 Å². The molecule has 1 aromatic carbocycles. The molecule has 108 valence electrons. The molecular weight excluding hydrogens is 254 g/mol. The summed E-state index contributed by atoms with van der Waals surface area (Å²) in [6.45, 7) is 6.56. The second kappa shape index (κ2) is 4.93. The third kappa shape index (κ3) is 3.00. The molecule has 0 unspecified atom stereocenters. The smallest absolute Gasteiger partial charge is 0.311 e. The number of hydrogen-bond donors (Lipinski definition) is 2. The highest BCUT2D eigenvalue weighted by atomic mass is 16.4. The van der Waals surface area contributed by atoms with Gasteiger partial charge in [-0.05, 0) is 36.0 Å². The zero-order valence-electron chi connectivity index (χ0n) is 12.2. The minimum atomic E-state index is -0.819. The van der Waals surface area contributed by atoms with Crippen LogP contribution in [0.4, 0.5) is 0 Å². The van der Waals surface area contributed by atoms with E-state index in [4.69, 9.17) is 5.11 Å². The Morgan fingerprint density at radius 3 is 2.15 bits per heavy atom. The van der Waals surface area contributed by atoms with Crippen molar-refractivity contribution in [3.05, 3.63) is 35.4 Å². The number of amides is 1. The topological polar surface area (TPSA) is 66.4 Å². The summed E-state index contributed by atoms with van der Waals surface area (Å²) in [7, 11) is 0. The molecule has 0 saturated heterocycles. The van der Waals surface area contributed by atoms with Crippen LogP contribution in [0.25, 0.3) is 0 Å². The van der Waals surface area contributed by atoms with Crippen molar-refractivity contribution in [2.75, 3.05) is 6.54 Å². The first-order chi connectivity index (χ1) is 9.24. The van der Waals surface area contributed by atoms with Gasteiger partial charge in [-0.25, -0.2) is 0 Å². The molecule has 1 amide bonds. The summed E-state index contributed by atoms with van der Waals surface area (Å²) in [5.74, 6) is -1.03. The van der Waals surface area contributed by atoms with Crippen molar-refractivity contribution in [3.8, 4) is 0 Å². The Hall–Kier alpha value is -1.84. The van der Waals surface area contributed by atoms with Gasteiger partial charge in [-0.2, -0.15) is 0 Å². The van der Waals surface area contributed by atoms with Crippen LogP contribution in [0.3, 0.4) is 0 Å². The van der Waals surface area contributed by atoms with Crippen LogP contribution in [-0.4, -0.2) is 23.5 Å². The van der Waals surface area contributed by atoms with Gasteiger partial charge in [-0.15, -0.1) is 0 Å². The van der Waals surface area contributed by atoms with Gasteiger partial charge in [-0.3, -0.25) is 9.59 Å². The molecule has 0 radical (unpaired) electrons. The van der Waals surface area contributed by atoms with Crippen molar-refractivity contribution < 1.29 is 14.7 Å². The predicted octanol–water partition coefficient (Wildman–Crippen LogP) is 2.58. The highest BCUT2D eigenvalue weighted by Crippen LogP contribution is 2.45. The summed E-state index contributed by atoms with van der Waals surface area (Å²) in [5, 5.41) is 11.8. The maximum Gasteiger partial charge on any atom is 0.311 e. The lowest BCUT2D eigenvalue weighted by Gasteiger charge is -2.19. The van der Waals surface area contributed by atoms with E-state index < -0.39 is 11.4 Å². The summed E-state index contributed by atoms with van der Waals surface area (Å²) in [5.41, 5.74) is 1.06. The average molecular weight is 275 g/mol. The SMILES string of the molecule is CC(C)(C)c1ccc(C(=O)NCC2(C(=O)O)CC2)cc1. The molecule has 2 rings (SSSR count). The Morgan fingerprint density at radius 2 is 1.75 bits per heavy atom. The predicted molar refractivity (Wildman–Crippen MR) is 76.8 cm³/mol. The number of aliphatic carboxylic acids is 1. The van der Waals surface area contributed by atoms with Gasteiger partial charge in [0.25, 0.3) is 5.91 Å². The second-order valence-corrected chi connectivity index (χ2v) is 6.60. The van der Waals surface area contributed by atoms with Crippen LogP contribution >= 0.6 is 0 Å². The van der Waals surface area contributed by atoms with E-state index in [1.165, 1.54) is 5.56 Å². The minimum Gasteiger partial charge on any atom is -0.481 e. The largest absolute Gasteiger partial charge is 0.481 e. The quantitative estimate of drug-likeness (QED) is 0.887. The second-order valence-electron chi connectivity index (χ2n) is 6.60. The molecule has 0 aromatic heterocycles. The van der Waals surface area contributed by atoms with E-state index in [2.05, 4.69) is 26.1 Å². The first kappa shape index (κ1) is 14.6. The van der Waals surface area contributed by atoms with Crippen LogP contribution in [0.15, 0.2) is 24.3 Å². The van der Waals surface area contributed by atoms with E-state index in [0.29, 0.717) is 18.4 Å². The fraction of sp³-hybridized carbons (Fsp3) is 0.500. The van der Waals surface area contributed by atoms with Gasteiger partial charge in [0, 0.05) is 12.1 Å². The number of rotatable bonds is 4. The molecule has 1 aliphatic carbocycles. The Balaban J connectivity index is 1.98. The minimum absolute atomic E-state index is 0.0520. The van der Waals surface area contributed by atoms with Crippen molar-refractivity contribution in [2.24, 2.45) is 5.41 Å². The van der Waals surface area contributed by atoms with E-state index in [-0.39, 0.29) is 17.9 Å². The Morgan fingerprint density at radius 1 is 1.20 bits per heavy atom. The van der Waals surface area contributed by atoms with Crippen LogP contribution < -0.4 is 5.32 Å². The number of carbonyl (C=O) groups is 2. The van der Waals surface area contributed by atoms with Crippen LogP contribution in [0.2, 0.25) is 0 Å². The van der Waals surface area contributed by atoms with E-state index in [1.807, 2.05) is 12.1 Å². The molecule has 4 nitrogen and oxygen atoms in total. The molecule has 0 heterocycles. The van der Waals surface area contributed by atoms with Gasteiger partial charge >= 0.3 is 5.97 Å². The van der Waals surface area contributed by atoms with E-state index in [9.17, 15) is 9.59 Å². The van der Waals surface area contributed by atoms with E-state index in [1.54, 1.807) is 12.1 Å². The third-order valence-corrected chi connectivity index (χ3v) is 3.91. The lowest BCUT2D eigenvalue weighted by atomic mass is 9.86. The van der Waals surface area contributed by atoms with Crippen LogP contribution in [0, 0.1) is 5.41 Å². The monoisotopic (exact) mass is 275 g/mol. The van der Waals surface area contributed by atoms with Crippen molar-refractivity contribution in [2.45, 2.75) is 39.0 Å². The van der Waals surface area contributed by atoms with Crippen molar-refractivity contribution in [1.82, 2.24) is 5.32 Å². The maximum absolute atomic E-state index is 12.0. The zero-order valence-corrected chi connectivity index (χ0v) is 12.2. The number of carbonyl (C=O) groups excluding carboxylic acids is 1. The normalized spacial score (nSPS) is 16.6. The summed E-state index contributed by atoms with van der Waals surface area (Å²) >= 11 is 0. The van der Waals surface area contributed by atoms with Crippen LogP contribution in [-0.2, 0) is 10.2 Å². The van der Waals surface area contributed by atoms with Gasteiger partial charge in [0.1, 0.15) is 0 Å². The molecule has 0 bridgehead atoms. The lowest BCUT2D eigenvalue weighted by molar-refractivity contribution is -0.143. The summed E-state index contributed by atoms with van der Waals surface area (Å²) in [4.78, 5) is 23.0. The molecule has 1 aliphatic rings. The molecule has 0 aliphatic heterocycles. The number of hydrogen-bond acceptors (Lipinski definition) is 2. The molecular formula is C16H21NO3. The molecule has 2 N–H and O–H groups in total. The van der Waals surface area contributed by atoms with Gasteiger partial charge in [-0.1, -0.05) is 32.9 Å². The summed E-state index contributed by atoms with van der Waals surface area (Å²) in [6.07, 6.45) is 1.29. The molecule has 20 heavy (non-hydrogen) atoms. The zero-order chi connectivity index (χ0) is 15.0. The number of benzene rings is 1. The number of nitrogens with one attached hydrogen (secondary N) is 1. The highest BCUT2D eigenvalue weighted by Gasteiger charge is 2.50. The molecule has 0 atom stereocenters. The highest BCUT2D eigenvalue weighted by molar-refractivity contribution is 5.94. The van der Waals surface area contributed by atoms with Gasteiger partial charge < -0.3 is 10.4 Å². The molecule has 0 spiro atoms. The Kier molecular flexibility index (Phi) is 3.59. The standard InChI is InChI=1S/C16H21NO3/c1-15(2,3)12-6-4-11(5-7-12)13(18)17-10-16(8-9-16)14(19)20/h4-7H,8-10H2,1-3H3,(H,17,18)(H,19,20). The first-order valence-corrected chi connectivity index (χ1v) is 6.87. The Bertz CT molecular complexity index is 522. The number of carboxylic acid groups (broad SMARTS) is 1. The van der Waals surface area contributed by atoms with Crippen molar-refractivity contribution >= 4 is 11.9 Å². The van der Waals surface area contributed by atoms with Gasteiger partial charge in [0.05, 0.1) is 5.41 Å². The first-order valence-electron chi connectivity index (χ1n) is 6.87. The van der Waals surface area contributed by atoms with Crippen LogP contribution in [0.1, 0.15) is 49.5 Å². The molecule has 1 saturated carbocycles. The van der Waals surface area contributed by atoms with Crippen molar-refractivity contribution in [3.63, 3.8) is 0 Å². The molecule has 1 fully saturated rings. The fourth-order valence-corrected chi connectivity index (χ4v) is 2.09. The van der Waals surface area contributed by atoms with E-state index >= 15 is 0 Å². The number of carboxylic acids is 1. The van der Waals surface area contributed by atoms with Gasteiger partial charge in [0.2, 0.25) is 0 Å². The Labute approximate surface area is 119 Å². The maximum atomic E-state index is 12.0. The van der Waals surface area contributed by atoms with Crippen LogP contribution in [0.5, 0.6) is 0 Å². The van der Waals surface area contributed by atoms with E-state index in [0.717, 1.165) is 0 Å². The average Bonchev–Trinajstić information content (AvgIpc) is 3.16. The molecule has 1 aromatic rings. The fourth-order valence-electron chi connectivity index (χ4n) is 2.09. The lowest BCUT2D eigenvalue weighted by Crippen LogP contribution is -2.34. The summed E-state index contributed by atoms with van der Waals surface area (Å²) < 4.78 is 0. The van der Waals surface area contributed by atoms with Gasteiger partial charge in [0.15, 0.2) is 0 Å².